The lowest BCUT2D eigenvalue weighted by atomic mass is 10.1. The topological polar surface area (TPSA) is 83.3 Å². The summed E-state index contributed by atoms with van der Waals surface area (Å²) in [6.07, 6.45) is 5.93. The van der Waals surface area contributed by atoms with Gasteiger partial charge >= 0.3 is 0 Å². The van der Waals surface area contributed by atoms with Gasteiger partial charge in [-0.15, -0.1) is 0 Å². The van der Waals surface area contributed by atoms with Crippen LogP contribution >= 0.6 is 0 Å². The second-order valence-corrected chi connectivity index (χ2v) is 6.50. The molecule has 1 fully saturated rings. The van der Waals surface area contributed by atoms with E-state index in [1.165, 1.54) is 27.4 Å². The highest BCUT2D eigenvalue weighted by Crippen LogP contribution is 2.42. The van der Waals surface area contributed by atoms with Crippen LogP contribution < -0.4 is 18.9 Å². The molecule has 0 amide bonds. The molecular formula is C21H24N2O6. The van der Waals surface area contributed by atoms with Crippen LogP contribution in [-0.2, 0) is 0 Å². The standard InChI is InChI=1S/C21H24N2O6/c1-26-19-13-17(14-20(27-2)21(19)28-3)29-16-6-7-18(23(24)25)15(12-16)8-11-22-9-4-5-10-22/h6-8,11-14H,4-5,9-10H2,1-3H3/b11-8+. The average molecular weight is 400 g/mol. The molecule has 1 saturated heterocycles. The molecule has 0 radical (unpaired) electrons. The monoisotopic (exact) mass is 400 g/mol. The Balaban J connectivity index is 1.91. The first-order valence-electron chi connectivity index (χ1n) is 9.24. The maximum atomic E-state index is 11.4. The Morgan fingerprint density at radius 1 is 0.966 bits per heavy atom. The zero-order valence-corrected chi connectivity index (χ0v) is 16.7. The van der Waals surface area contributed by atoms with E-state index in [9.17, 15) is 10.1 Å². The lowest BCUT2D eigenvalue weighted by Gasteiger charge is -2.15. The highest BCUT2D eigenvalue weighted by molar-refractivity contribution is 5.63. The molecule has 0 atom stereocenters. The van der Waals surface area contributed by atoms with Gasteiger partial charge < -0.3 is 23.8 Å². The van der Waals surface area contributed by atoms with Crippen LogP contribution in [0.15, 0.2) is 36.5 Å². The number of likely N-dealkylation sites (tertiary alicyclic amines) is 1. The number of nitro groups is 1. The summed E-state index contributed by atoms with van der Waals surface area (Å²) in [6, 6.07) is 7.99. The summed E-state index contributed by atoms with van der Waals surface area (Å²) >= 11 is 0. The van der Waals surface area contributed by atoms with Gasteiger partial charge in [0.15, 0.2) is 11.5 Å². The van der Waals surface area contributed by atoms with Crippen molar-refractivity contribution in [3.05, 3.63) is 52.2 Å². The smallest absolute Gasteiger partial charge is 0.276 e. The molecule has 0 aromatic heterocycles. The van der Waals surface area contributed by atoms with Gasteiger partial charge in [-0.25, -0.2) is 0 Å². The molecular weight excluding hydrogens is 376 g/mol. The first-order valence-corrected chi connectivity index (χ1v) is 9.24. The Bertz CT molecular complexity index is 881. The van der Waals surface area contributed by atoms with Gasteiger partial charge in [0.25, 0.3) is 5.69 Å². The molecule has 154 valence electrons. The molecule has 0 spiro atoms. The highest BCUT2D eigenvalue weighted by atomic mass is 16.6. The quantitative estimate of drug-likeness (QED) is 0.477. The van der Waals surface area contributed by atoms with Gasteiger partial charge in [0.1, 0.15) is 11.5 Å². The van der Waals surface area contributed by atoms with Crippen molar-refractivity contribution in [1.82, 2.24) is 4.90 Å². The number of benzene rings is 2. The zero-order valence-electron chi connectivity index (χ0n) is 16.7. The summed E-state index contributed by atoms with van der Waals surface area (Å²) in [6.45, 7) is 1.93. The second-order valence-electron chi connectivity index (χ2n) is 6.50. The minimum atomic E-state index is -0.396. The molecule has 3 rings (SSSR count). The van der Waals surface area contributed by atoms with E-state index < -0.39 is 4.92 Å². The molecule has 1 heterocycles. The molecule has 0 bridgehead atoms. The van der Waals surface area contributed by atoms with Crippen molar-refractivity contribution in [2.45, 2.75) is 12.8 Å². The third kappa shape index (κ3) is 4.71. The Morgan fingerprint density at radius 3 is 2.17 bits per heavy atom. The number of rotatable bonds is 8. The van der Waals surface area contributed by atoms with E-state index in [2.05, 4.69) is 4.90 Å². The summed E-state index contributed by atoms with van der Waals surface area (Å²) in [5.74, 6) is 2.30. The molecule has 0 N–H and O–H groups in total. The predicted octanol–water partition coefficient (Wildman–Crippen LogP) is 4.48. The average Bonchev–Trinajstić information content (AvgIpc) is 3.25. The first kappa shape index (κ1) is 20.3. The van der Waals surface area contributed by atoms with E-state index in [1.807, 2.05) is 6.20 Å². The minimum Gasteiger partial charge on any atom is -0.493 e. The summed E-state index contributed by atoms with van der Waals surface area (Å²) in [5, 5.41) is 11.4. The third-order valence-corrected chi connectivity index (χ3v) is 4.68. The normalized spacial score (nSPS) is 13.6. The van der Waals surface area contributed by atoms with Gasteiger partial charge in [-0.05, 0) is 37.3 Å². The van der Waals surface area contributed by atoms with Crippen molar-refractivity contribution in [2.24, 2.45) is 0 Å². The Morgan fingerprint density at radius 2 is 1.62 bits per heavy atom. The molecule has 0 aliphatic carbocycles. The Labute approximate surface area is 169 Å². The van der Waals surface area contributed by atoms with E-state index in [4.69, 9.17) is 18.9 Å². The maximum Gasteiger partial charge on any atom is 0.276 e. The first-order chi connectivity index (χ1) is 14.0. The molecule has 2 aromatic rings. The van der Waals surface area contributed by atoms with Crippen LogP contribution in [-0.4, -0.2) is 44.2 Å². The maximum absolute atomic E-state index is 11.4. The van der Waals surface area contributed by atoms with E-state index in [0.717, 1.165) is 25.9 Å². The summed E-state index contributed by atoms with van der Waals surface area (Å²) < 4.78 is 21.9. The van der Waals surface area contributed by atoms with Crippen LogP contribution in [0.1, 0.15) is 18.4 Å². The SMILES string of the molecule is COc1cc(Oc2ccc([N+](=O)[O-])c(/C=C/N3CCCC3)c2)cc(OC)c1OC. The summed E-state index contributed by atoms with van der Waals surface area (Å²) in [7, 11) is 4.57. The van der Waals surface area contributed by atoms with Gasteiger partial charge in [-0.1, -0.05) is 0 Å². The number of methoxy groups -OCH3 is 3. The van der Waals surface area contributed by atoms with Crippen LogP contribution in [0.3, 0.4) is 0 Å². The molecule has 0 saturated carbocycles. The van der Waals surface area contributed by atoms with Crippen molar-refractivity contribution < 1.29 is 23.9 Å². The van der Waals surface area contributed by atoms with Gasteiger partial charge in [-0.2, -0.15) is 0 Å². The number of nitrogens with zero attached hydrogens (tertiary/aromatic N) is 2. The zero-order chi connectivity index (χ0) is 20.8. The van der Waals surface area contributed by atoms with Crippen LogP contribution in [0.25, 0.3) is 6.08 Å². The van der Waals surface area contributed by atoms with Gasteiger partial charge in [0, 0.05) is 31.3 Å². The van der Waals surface area contributed by atoms with Crippen molar-refractivity contribution in [1.29, 1.82) is 0 Å². The van der Waals surface area contributed by atoms with Crippen molar-refractivity contribution in [3.8, 4) is 28.7 Å². The predicted molar refractivity (Wildman–Crippen MR) is 109 cm³/mol. The number of hydrogen-bond donors (Lipinski definition) is 0. The van der Waals surface area contributed by atoms with E-state index in [1.54, 1.807) is 30.3 Å². The molecule has 2 aromatic carbocycles. The summed E-state index contributed by atoms with van der Waals surface area (Å²) in [5.41, 5.74) is 0.504. The summed E-state index contributed by atoms with van der Waals surface area (Å²) in [4.78, 5) is 13.1. The fourth-order valence-corrected chi connectivity index (χ4v) is 3.22. The fraction of sp³-hybridized carbons (Fsp3) is 0.333. The molecule has 1 aliphatic heterocycles. The van der Waals surface area contributed by atoms with Crippen molar-refractivity contribution >= 4 is 11.8 Å². The molecule has 8 nitrogen and oxygen atoms in total. The van der Waals surface area contributed by atoms with Crippen LogP contribution in [0.2, 0.25) is 0 Å². The number of nitro benzene ring substituents is 1. The highest BCUT2D eigenvalue weighted by Gasteiger charge is 2.17. The van der Waals surface area contributed by atoms with Crippen molar-refractivity contribution in [2.75, 3.05) is 34.4 Å². The van der Waals surface area contributed by atoms with E-state index >= 15 is 0 Å². The lowest BCUT2D eigenvalue weighted by molar-refractivity contribution is -0.385. The lowest BCUT2D eigenvalue weighted by Crippen LogP contribution is -2.10. The number of ether oxygens (including phenoxy) is 4. The van der Waals surface area contributed by atoms with Crippen LogP contribution in [0.5, 0.6) is 28.7 Å². The van der Waals surface area contributed by atoms with Crippen LogP contribution in [0, 0.1) is 10.1 Å². The minimum absolute atomic E-state index is 0.0256. The molecule has 8 heteroatoms. The van der Waals surface area contributed by atoms with Gasteiger partial charge in [-0.3, -0.25) is 10.1 Å². The Kier molecular flexibility index (Phi) is 6.43. The fourth-order valence-electron chi connectivity index (χ4n) is 3.22. The van der Waals surface area contributed by atoms with Crippen molar-refractivity contribution in [3.63, 3.8) is 0 Å². The van der Waals surface area contributed by atoms with E-state index in [-0.39, 0.29) is 5.69 Å². The molecule has 0 unspecified atom stereocenters. The van der Waals surface area contributed by atoms with Crippen LogP contribution in [0.4, 0.5) is 5.69 Å². The van der Waals surface area contributed by atoms with Gasteiger partial charge in [0.05, 0.1) is 31.8 Å². The molecule has 29 heavy (non-hydrogen) atoms. The second kappa shape index (κ2) is 9.18. The van der Waals surface area contributed by atoms with Gasteiger partial charge in [0.2, 0.25) is 5.75 Å². The Hall–Kier alpha value is -3.42. The molecule has 1 aliphatic rings. The largest absolute Gasteiger partial charge is 0.493 e. The third-order valence-electron chi connectivity index (χ3n) is 4.68. The number of hydrogen-bond acceptors (Lipinski definition) is 7. The van der Waals surface area contributed by atoms with E-state index in [0.29, 0.717) is 34.3 Å².